The predicted octanol–water partition coefficient (Wildman–Crippen LogP) is 2.80. The molecule has 2 rings (SSSR count). The number of sulfonamides is 1. The zero-order valence-corrected chi connectivity index (χ0v) is 15.6. The molecule has 0 atom stereocenters. The van der Waals surface area contributed by atoms with Crippen LogP contribution in [0.25, 0.3) is 0 Å². The number of hydrogen-bond acceptors (Lipinski definition) is 5. The Labute approximate surface area is 160 Å². The van der Waals surface area contributed by atoms with E-state index in [1.54, 1.807) is 0 Å². The fraction of sp³-hybridized carbons (Fsp3) is 0.222. The van der Waals surface area contributed by atoms with Crippen molar-refractivity contribution in [1.82, 2.24) is 4.72 Å². The average molecular weight is 412 g/mol. The molecule has 0 bridgehead atoms. The van der Waals surface area contributed by atoms with Crippen molar-refractivity contribution in [2.75, 3.05) is 11.9 Å². The van der Waals surface area contributed by atoms with Gasteiger partial charge in [0.2, 0.25) is 15.9 Å². The summed E-state index contributed by atoms with van der Waals surface area (Å²) in [4.78, 5) is 23.1. The highest BCUT2D eigenvalue weighted by atomic mass is 32.2. The van der Waals surface area contributed by atoms with Crippen molar-refractivity contribution in [1.29, 1.82) is 0 Å². The van der Waals surface area contributed by atoms with Gasteiger partial charge in [-0.3, -0.25) is 9.59 Å². The van der Waals surface area contributed by atoms with E-state index in [0.29, 0.717) is 11.3 Å². The Hall–Kier alpha value is -2.85. The molecule has 0 aliphatic carbocycles. The minimum atomic E-state index is -3.82. The molecular weight excluding hydrogens is 394 g/mol. The molecule has 150 valence electrons. The molecule has 0 unspecified atom stereocenters. The molecule has 0 heterocycles. The fourth-order valence-electron chi connectivity index (χ4n) is 2.19. The molecule has 0 radical (unpaired) electrons. The predicted molar refractivity (Wildman–Crippen MR) is 98.0 cm³/mol. The standard InChI is InChI=1S/C18H18F2N2O5S/c1-12(23)13-2-8-16(9-3-13)28(25,26)21-11-10-17(24)22-14-4-6-15(7-5-14)27-18(19)20/h2-9,18,21H,10-11H2,1H3,(H,22,24). The highest BCUT2D eigenvalue weighted by Gasteiger charge is 2.15. The number of hydrogen-bond donors (Lipinski definition) is 2. The summed E-state index contributed by atoms with van der Waals surface area (Å²) in [5.41, 5.74) is 0.748. The number of Topliss-reactive ketones (excluding diaryl/α,β-unsaturated/α-hetero) is 1. The number of ether oxygens (including phenoxy) is 1. The van der Waals surface area contributed by atoms with Crippen molar-refractivity contribution in [3.05, 3.63) is 54.1 Å². The van der Waals surface area contributed by atoms with Crippen LogP contribution in [0.1, 0.15) is 23.7 Å². The Morgan fingerprint density at radius 1 is 1.04 bits per heavy atom. The Balaban J connectivity index is 1.84. The van der Waals surface area contributed by atoms with Gasteiger partial charge >= 0.3 is 6.61 Å². The van der Waals surface area contributed by atoms with Crippen LogP contribution in [0, 0.1) is 0 Å². The molecule has 10 heteroatoms. The summed E-state index contributed by atoms with van der Waals surface area (Å²) in [5.74, 6) is -0.684. The van der Waals surface area contributed by atoms with Crippen LogP contribution < -0.4 is 14.8 Å². The maximum Gasteiger partial charge on any atom is 0.387 e. The van der Waals surface area contributed by atoms with E-state index in [1.807, 2.05) is 0 Å². The van der Waals surface area contributed by atoms with Crippen LogP contribution in [0.5, 0.6) is 5.75 Å². The zero-order chi connectivity index (χ0) is 20.7. The van der Waals surface area contributed by atoms with Gasteiger partial charge in [0.05, 0.1) is 4.90 Å². The number of rotatable bonds is 9. The van der Waals surface area contributed by atoms with E-state index in [2.05, 4.69) is 14.8 Å². The molecule has 28 heavy (non-hydrogen) atoms. The highest BCUT2D eigenvalue weighted by molar-refractivity contribution is 7.89. The third-order valence-corrected chi connectivity index (χ3v) is 5.06. The van der Waals surface area contributed by atoms with Crippen LogP contribution in [0.4, 0.5) is 14.5 Å². The topological polar surface area (TPSA) is 102 Å². The molecule has 2 aromatic rings. The average Bonchev–Trinajstić information content (AvgIpc) is 2.63. The van der Waals surface area contributed by atoms with Crippen molar-refractivity contribution in [2.45, 2.75) is 24.9 Å². The molecule has 0 aliphatic heterocycles. The Morgan fingerprint density at radius 3 is 2.18 bits per heavy atom. The first-order chi connectivity index (χ1) is 13.2. The number of alkyl halides is 2. The summed E-state index contributed by atoms with van der Waals surface area (Å²) in [6, 6.07) is 10.7. The lowest BCUT2D eigenvalue weighted by Gasteiger charge is -2.09. The second-order valence-electron chi connectivity index (χ2n) is 5.68. The van der Waals surface area contributed by atoms with Gasteiger partial charge in [0.1, 0.15) is 5.75 Å². The summed E-state index contributed by atoms with van der Waals surface area (Å²) >= 11 is 0. The van der Waals surface area contributed by atoms with Crippen molar-refractivity contribution < 1.29 is 31.5 Å². The normalized spacial score (nSPS) is 11.3. The first-order valence-corrected chi connectivity index (χ1v) is 9.61. The lowest BCUT2D eigenvalue weighted by atomic mass is 10.2. The SMILES string of the molecule is CC(=O)c1ccc(S(=O)(=O)NCCC(=O)Nc2ccc(OC(F)F)cc2)cc1. The van der Waals surface area contributed by atoms with E-state index in [1.165, 1.54) is 55.5 Å². The third-order valence-electron chi connectivity index (χ3n) is 3.58. The van der Waals surface area contributed by atoms with Gasteiger partial charge in [-0.1, -0.05) is 12.1 Å². The van der Waals surface area contributed by atoms with Crippen LogP contribution in [0.2, 0.25) is 0 Å². The molecule has 2 N–H and O–H groups in total. The molecule has 0 spiro atoms. The van der Waals surface area contributed by atoms with Gasteiger partial charge in [0.15, 0.2) is 5.78 Å². The van der Waals surface area contributed by atoms with Gasteiger partial charge in [-0.2, -0.15) is 8.78 Å². The Morgan fingerprint density at radius 2 is 1.64 bits per heavy atom. The fourth-order valence-corrected chi connectivity index (χ4v) is 3.23. The number of halogens is 2. The molecule has 0 fully saturated rings. The zero-order valence-electron chi connectivity index (χ0n) is 14.8. The van der Waals surface area contributed by atoms with E-state index in [-0.39, 0.29) is 29.4 Å². The van der Waals surface area contributed by atoms with Gasteiger partial charge < -0.3 is 10.1 Å². The third kappa shape index (κ3) is 6.39. The summed E-state index contributed by atoms with van der Waals surface area (Å²) in [6.07, 6.45) is -0.139. The maximum atomic E-state index is 12.2. The van der Waals surface area contributed by atoms with Crippen LogP contribution in [-0.4, -0.2) is 33.3 Å². The highest BCUT2D eigenvalue weighted by Crippen LogP contribution is 2.18. The molecule has 0 aromatic heterocycles. The van der Waals surface area contributed by atoms with E-state index in [0.717, 1.165) is 0 Å². The summed E-state index contributed by atoms with van der Waals surface area (Å²) in [7, 11) is -3.82. The van der Waals surface area contributed by atoms with Crippen molar-refractivity contribution in [2.24, 2.45) is 0 Å². The smallest absolute Gasteiger partial charge is 0.387 e. The van der Waals surface area contributed by atoms with E-state index in [4.69, 9.17) is 0 Å². The van der Waals surface area contributed by atoms with Gasteiger partial charge in [0, 0.05) is 24.2 Å². The quantitative estimate of drug-likeness (QED) is 0.617. The second-order valence-corrected chi connectivity index (χ2v) is 7.45. The van der Waals surface area contributed by atoms with E-state index >= 15 is 0 Å². The minimum Gasteiger partial charge on any atom is -0.435 e. The van der Waals surface area contributed by atoms with Gasteiger partial charge in [-0.05, 0) is 43.3 Å². The van der Waals surface area contributed by atoms with Crippen LogP contribution in [-0.2, 0) is 14.8 Å². The second kappa shape index (κ2) is 9.38. The number of amides is 1. The van der Waals surface area contributed by atoms with Crippen LogP contribution in [0.15, 0.2) is 53.4 Å². The summed E-state index contributed by atoms with van der Waals surface area (Å²) < 4.78 is 55.0. The number of nitrogens with one attached hydrogen (secondary N) is 2. The van der Waals surface area contributed by atoms with Crippen molar-refractivity contribution >= 4 is 27.4 Å². The van der Waals surface area contributed by atoms with Gasteiger partial charge in [0.25, 0.3) is 0 Å². The molecule has 0 aliphatic rings. The van der Waals surface area contributed by atoms with Crippen molar-refractivity contribution in [3.63, 3.8) is 0 Å². The molecule has 7 nitrogen and oxygen atoms in total. The van der Waals surface area contributed by atoms with E-state index in [9.17, 15) is 26.8 Å². The first kappa shape index (κ1) is 21.5. The largest absolute Gasteiger partial charge is 0.435 e. The summed E-state index contributed by atoms with van der Waals surface area (Å²) in [6.45, 7) is -1.71. The van der Waals surface area contributed by atoms with Gasteiger partial charge in [-0.15, -0.1) is 0 Å². The molecule has 1 amide bonds. The van der Waals surface area contributed by atoms with Crippen LogP contribution >= 0.6 is 0 Å². The maximum absolute atomic E-state index is 12.2. The minimum absolute atomic E-state index is 0.0208. The lowest BCUT2D eigenvalue weighted by molar-refractivity contribution is -0.116. The molecular formula is C18H18F2N2O5S. The molecule has 0 saturated carbocycles. The number of anilines is 1. The number of carbonyl (C=O) groups excluding carboxylic acids is 2. The number of benzene rings is 2. The number of carbonyl (C=O) groups is 2. The van der Waals surface area contributed by atoms with E-state index < -0.39 is 22.5 Å². The summed E-state index contributed by atoms with van der Waals surface area (Å²) in [5, 5.41) is 2.51. The first-order valence-electron chi connectivity index (χ1n) is 8.13. The van der Waals surface area contributed by atoms with Gasteiger partial charge in [-0.25, -0.2) is 13.1 Å². The van der Waals surface area contributed by atoms with Crippen LogP contribution in [0.3, 0.4) is 0 Å². The Bertz CT molecular complexity index is 929. The lowest BCUT2D eigenvalue weighted by Crippen LogP contribution is -2.27. The molecule has 0 saturated heterocycles. The molecule has 2 aromatic carbocycles. The van der Waals surface area contributed by atoms with Crippen molar-refractivity contribution in [3.8, 4) is 5.75 Å². The number of ketones is 1. The monoisotopic (exact) mass is 412 g/mol. The Kier molecular flexibility index (Phi) is 7.18.